The number of hydrogen-bond acceptors (Lipinski definition) is 3. The highest BCUT2D eigenvalue weighted by Gasteiger charge is 2.02. The molecule has 0 aliphatic heterocycles. The molecule has 0 aliphatic carbocycles. The van der Waals surface area contributed by atoms with E-state index in [2.05, 4.69) is 10.6 Å². The van der Waals surface area contributed by atoms with Gasteiger partial charge in [0, 0.05) is 18.8 Å². The Labute approximate surface area is 85.2 Å². The lowest BCUT2D eigenvalue weighted by molar-refractivity contribution is 0.187. The minimum Gasteiger partial charge on any atom is -0.390 e. The van der Waals surface area contributed by atoms with Crippen molar-refractivity contribution in [1.82, 2.24) is 5.32 Å². The lowest BCUT2D eigenvalue weighted by Gasteiger charge is -2.13. The Morgan fingerprint density at radius 3 is 2.64 bits per heavy atom. The van der Waals surface area contributed by atoms with E-state index in [-0.39, 0.29) is 6.10 Å². The minimum atomic E-state index is -0.348. The summed E-state index contributed by atoms with van der Waals surface area (Å²) in [6.45, 7) is 3.23. The molecular formula is C11H18N2O. The second-order valence-electron chi connectivity index (χ2n) is 3.41. The molecule has 0 aliphatic rings. The Bertz CT molecular complexity index is 276. The molecule has 0 saturated heterocycles. The molecule has 3 heteroatoms. The van der Waals surface area contributed by atoms with Crippen molar-refractivity contribution < 1.29 is 5.11 Å². The van der Waals surface area contributed by atoms with Gasteiger partial charge in [0.25, 0.3) is 0 Å². The van der Waals surface area contributed by atoms with E-state index in [9.17, 15) is 5.11 Å². The Morgan fingerprint density at radius 1 is 1.29 bits per heavy atom. The van der Waals surface area contributed by atoms with Crippen LogP contribution in [0.2, 0.25) is 0 Å². The fourth-order valence-electron chi connectivity index (χ4n) is 1.31. The Balaban J connectivity index is 2.41. The summed E-state index contributed by atoms with van der Waals surface area (Å²) in [6, 6.07) is 8.05. The van der Waals surface area contributed by atoms with Crippen molar-refractivity contribution in [2.24, 2.45) is 0 Å². The van der Waals surface area contributed by atoms with E-state index in [0.717, 1.165) is 5.69 Å². The molecule has 0 heterocycles. The topological polar surface area (TPSA) is 44.3 Å². The third-order valence-corrected chi connectivity index (χ3v) is 2.11. The first-order valence-corrected chi connectivity index (χ1v) is 4.86. The average molecular weight is 194 g/mol. The highest BCUT2D eigenvalue weighted by atomic mass is 16.3. The summed E-state index contributed by atoms with van der Waals surface area (Å²) in [4.78, 5) is 0. The van der Waals surface area contributed by atoms with E-state index in [4.69, 9.17) is 0 Å². The number of aliphatic hydroxyl groups is 1. The lowest BCUT2D eigenvalue weighted by Crippen LogP contribution is -2.30. The molecule has 0 radical (unpaired) electrons. The highest BCUT2D eigenvalue weighted by Crippen LogP contribution is 2.12. The van der Waals surface area contributed by atoms with Gasteiger partial charge in [-0.2, -0.15) is 0 Å². The van der Waals surface area contributed by atoms with Crippen LogP contribution in [0.25, 0.3) is 0 Å². The Kier molecular flexibility index (Phi) is 4.43. The van der Waals surface area contributed by atoms with Gasteiger partial charge in [0.1, 0.15) is 0 Å². The molecule has 0 aromatic heterocycles. The third-order valence-electron chi connectivity index (χ3n) is 2.11. The van der Waals surface area contributed by atoms with Crippen molar-refractivity contribution >= 4 is 5.69 Å². The van der Waals surface area contributed by atoms with E-state index < -0.39 is 0 Å². The van der Waals surface area contributed by atoms with Gasteiger partial charge < -0.3 is 15.7 Å². The standard InChI is InChI=1S/C11H18N2O/c1-9-5-3-4-6-11(9)13-8-10(14)7-12-2/h3-6,10,12-14H,7-8H2,1-2H3. The zero-order chi connectivity index (χ0) is 10.4. The second kappa shape index (κ2) is 5.62. The molecule has 1 atom stereocenters. The van der Waals surface area contributed by atoms with E-state index >= 15 is 0 Å². The summed E-state index contributed by atoms with van der Waals surface area (Å²) in [5, 5.41) is 15.6. The minimum absolute atomic E-state index is 0.348. The molecule has 0 bridgehead atoms. The molecule has 3 nitrogen and oxygen atoms in total. The number of nitrogens with one attached hydrogen (secondary N) is 2. The van der Waals surface area contributed by atoms with Crippen molar-refractivity contribution in [2.45, 2.75) is 13.0 Å². The molecule has 0 amide bonds. The van der Waals surface area contributed by atoms with Gasteiger partial charge in [-0.3, -0.25) is 0 Å². The molecule has 1 rings (SSSR count). The second-order valence-corrected chi connectivity index (χ2v) is 3.41. The fourth-order valence-corrected chi connectivity index (χ4v) is 1.31. The number of likely N-dealkylation sites (N-methyl/N-ethyl adjacent to an activating group) is 1. The number of benzene rings is 1. The molecule has 1 unspecified atom stereocenters. The van der Waals surface area contributed by atoms with Gasteiger partial charge >= 0.3 is 0 Å². The van der Waals surface area contributed by atoms with E-state index in [0.29, 0.717) is 13.1 Å². The van der Waals surface area contributed by atoms with Gasteiger partial charge in [-0.15, -0.1) is 0 Å². The van der Waals surface area contributed by atoms with Crippen LogP contribution in [-0.4, -0.2) is 31.3 Å². The molecule has 1 aromatic rings. The van der Waals surface area contributed by atoms with Crippen LogP contribution < -0.4 is 10.6 Å². The summed E-state index contributed by atoms with van der Waals surface area (Å²) in [7, 11) is 1.83. The molecule has 0 fully saturated rings. The number of para-hydroxylation sites is 1. The van der Waals surface area contributed by atoms with Crippen LogP contribution in [0.3, 0.4) is 0 Å². The van der Waals surface area contributed by atoms with Gasteiger partial charge in [0.15, 0.2) is 0 Å². The fraction of sp³-hybridized carbons (Fsp3) is 0.455. The number of aliphatic hydroxyl groups excluding tert-OH is 1. The van der Waals surface area contributed by atoms with E-state index in [1.165, 1.54) is 5.56 Å². The molecule has 0 spiro atoms. The zero-order valence-electron chi connectivity index (χ0n) is 8.75. The summed E-state index contributed by atoms with van der Waals surface area (Å²) in [6.07, 6.45) is -0.348. The maximum atomic E-state index is 9.48. The van der Waals surface area contributed by atoms with Gasteiger partial charge in [0.2, 0.25) is 0 Å². The maximum absolute atomic E-state index is 9.48. The van der Waals surface area contributed by atoms with Crippen LogP contribution in [-0.2, 0) is 0 Å². The van der Waals surface area contributed by atoms with Gasteiger partial charge in [-0.25, -0.2) is 0 Å². The van der Waals surface area contributed by atoms with Crippen molar-refractivity contribution in [2.75, 3.05) is 25.5 Å². The summed E-state index contributed by atoms with van der Waals surface area (Å²) < 4.78 is 0. The Morgan fingerprint density at radius 2 is 2.00 bits per heavy atom. The van der Waals surface area contributed by atoms with Gasteiger partial charge in [0.05, 0.1) is 6.10 Å². The van der Waals surface area contributed by atoms with E-state index in [1.54, 1.807) is 0 Å². The summed E-state index contributed by atoms with van der Waals surface area (Å²) >= 11 is 0. The molecule has 3 N–H and O–H groups in total. The van der Waals surface area contributed by atoms with Crippen LogP contribution in [0.4, 0.5) is 5.69 Å². The van der Waals surface area contributed by atoms with E-state index in [1.807, 2.05) is 38.2 Å². The SMILES string of the molecule is CNCC(O)CNc1ccccc1C. The predicted molar refractivity (Wildman–Crippen MR) is 59.6 cm³/mol. The quantitative estimate of drug-likeness (QED) is 0.655. The van der Waals surface area contributed by atoms with Crippen molar-refractivity contribution in [3.63, 3.8) is 0 Å². The highest BCUT2D eigenvalue weighted by molar-refractivity contribution is 5.50. The molecule has 0 saturated carbocycles. The average Bonchev–Trinajstić information content (AvgIpc) is 2.17. The van der Waals surface area contributed by atoms with Crippen LogP contribution in [0.1, 0.15) is 5.56 Å². The van der Waals surface area contributed by atoms with Crippen LogP contribution in [0.15, 0.2) is 24.3 Å². The number of aryl methyl sites for hydroxylation is 1. The molecule has 14 heavy (non-hydrogen) atoms. The van der Waals surface area contributed by atoms with Crippen LogP contribution >= 0.6 is 0 Å². The van der Waals surface area contributed by atoms with Crippen LogP contribution in [0, 0.1) is 6.92 Å². The third kappa shape index (κ3) is 3.36. The normalized spacial score (nSPS) is 12.5. The first-order valence-electron chi connectivity index (χ1n) is 4.86. The zero-order valence-corrected chi connectivity index (χ0v) is 8.75. The molecule has 78 valence electrons. The molecule has 1 aromatic carbocycles. The summed E-state index contributed by atoms with van der Waals surface area (Å²) in [5.41, 5.74) is 2.28. The lowest BCUT2D eigenvalue weighted by atomic mass is 10.2. The van der Waals surface area contributed by atoms with Gasteiger partial charge in [-0.1, -0.05) is 18.2 Å². The number of hydrogen-bond donors (Lipinski definition) is 3. The first kappa shape index (κ1) is 11.0. The number of rotatable bonds is 5. The largest absolute Gasteiger partial charge is 0.390 e. The first-order chi connectivity index (χ1) is 6.74. The van der Waals surface area contributed by atoms with Crippen molar-refractivity contribution in [3.05, 3.63) is 29.8 Å². The number of anilines is 1. The van der Waals surface area contributed by atoms with Crippen LogP contribution in [0.5, 0.6) is 0 Å². The monoisotopic (exact) mass is 194 g/mol. The summed E-state index contributed by atoms with van der Waals surface area (Å²) in [5.74, 6) is 0. The maximum Gasteiger partial charge on any atom is 0.0836 e. The van der Waals surface area contributed by atoms with Crippen molar-refractivity contribution in [1.29, 1.82) is 0 Å². The smallest absolute Gasteiger partial charge is 0.0836 e. The molecular weight excluding hydrogens is 176 g/mol. The predicted octanol–water partition coefficient (Wildman–Crippen LogP) is 0.987. The Hall–Kier alpha value is -1.06. The van der Waals surface area contributed by atoms with Gasteiger partial charge in [-0.05, 0) is 25.6 Å². The van der Waals surface area contributed by atoms with Crippen molar-refractivity contribution in [3.8, 4) is 0 Å².